The first-order valence-electron chi connectivity index (χ1n) is 6.91. The summed E-state index contributed by atoms with van der Waals surface area (Å²) in [6.45, 7) is 5.40. The maximum atomic E-state index is 4.46. The van der Waals surface area contributed by atoms with Gasteiger partial charge in [0.2, 0.25) is 0 Å². The molecule has 2 rings (SSSR count). The fourth-order valence-electron chi connectivity index (χ4n) is 2.24. The van der Waals surface area contributed by atoms with E-state index in [2.05, 4.69) is 42.3 Å². The summed E-state index contributed by atoms with van der Waals surface area (Å²) in [4.78, 5) is 4.46. The second kappa shape index (κ2) is 6.39. The zero-order valence-electron chi connectivity index (χ0n) is 11.4. The molecule has 0 aliphatic heterocycles. The van der Waals surface area contributed by atoms with E-state index in [1.165, 1.54) is 42.3 Å². The number of nitrogens with one attached hydrogen (secondary N) is 1. The lowest BCUT2D eigenvalue weighted by molar-refractivity contribution is 0.685. The van der Waals surface area contributed by atoms with Gasteiger partial charge in [0, 0.05) is 23.8 Å². The molecule has 1 N–H and O–H groups in total. The molecule has 0 radical (unpaired) electrons. The molecular weight excluding hydrogens is 220 g/mol. The second-order valence-corrected chi connectivity index (χ2v) is 4.82. The van der Waals surface area contributed by atoms with Crippen molar-refractivity contribution in [3.05, 3.63) is 36.0 Å². The number of nitrogens with zero attached hydrogens (tertiary/aromatic N) is 1. The molecule has 0 amide bonds. The Morgan fingerprint density at radius 2 is 2.00 bits per heavy atom. The van der Waals surface area contributed by atoms with Crippen LogP contribution in [0.5, 0.6) is 0 Å². The zero-order chi connectivity index (χ0) is 12.8. The molecule has 0 bridgehead atoms. The molecule has 96 valence electrons. The Labute approximate surface area is 109 Å². The topological polar surface area (TPSA) is 24.9 Å². The third-order valence-electron chi connectivity index (χ3n) is 3.32. The van der Waals surface area contributed by atoms with E-state index in [4.69, 9.17) is 0 Å². The van der Waals surface area contributed by atoms with Crippen molar-refractivity contribution < 1.29 is 0 Å². The summed E-state index contributed by atoms with van der Waals surface area (Å²) in [5, 5.41) is 4.76. The monoisotopic (exact) mass is 242 g/mol. The highest BCUT2D eigenvalue weighted by molar-refractivity contribution is 5.93. The Kier molecular flexibility index (Phi) is 4.57. The molecule has 0 aliphatic carbocycles. The van der Waals surface area contributed by atoms with Gasteiger partial charge in [0.05, 0.1) is 5.52 Å². The number of pyridine rings is 1. The largest absolute Gasteiger partial charge is 0.384 e. The van der Waals surface area contributed by atoms with Crippen molar-refractivity contribution in [2.75, 3.05) is 11.9 Å². The maximum Gasteiger partial charge on any atom is 0.0751 e. The predicted molar refractivity (Wildman–Crippen MR) is 79.1 cm³/mol. The Balaban J connectivity index is 2.07. The number of fused-ring (bicyclic) bond motifs is 1. The van der Waals surface area contributed by atoms with Crippen LogP contribution in [0.3, 0.4) is 0 Å². The van der Waals surface area contributed by atoms with Gasteiger partial charge in [-0.2, -0.15) is 0 Å². The lowest BCUT2D eigenvalue weighted by atomic mass is 10.1. The second-order valence-electron chi connectivity index (χ2n) is 4.82. The van der Waals surface area contributed by atoms with Gasteiger partial charge in [0.15, 0.2) is 0 Å². The van der Waals surface area contributed by atoms with Gasteiger partial charge in [-0.3, -0.25) is 4.98 Å². The van der Waals surface area contributed by atoms with Gasteiger partial charge in [0.1, 0.15) is 0 Å². The van der Waals surface area contributed by atoms with Crippen LogP contribution in [0.4, 0.5) is 5.69 Å². The molecular formula is C16H22N2. The van der Waals surface area contributed by atoms with Crippen LogP contribution in [-0.2, 0) is 0 Å². The average Bonchev–Trinajstić information content (AvgIpc) is 2.41. The molecule has 0 aliphatic rings. The molecule has 2 heteroatoms. The van der Waals surface area contributed by atoms with Crippen LogP contribution in [0.1, 0.15) is 38.2 Å². The molecule has 2 aromatic rings. The number of unbranched alkanes of at least 4 members (excludes halogenated alkanes) is 3. The van der Waals surface area contributed by atoms with E-state index in [1.54, 1.807) is 0 Å². The van der Waals surface area contributed by atoms with Gasteiger partial charge in [-0.25, -0.2) is 0 Å². The highest BCUT2D eigenvalue weighted by Crippen LogP contribution is 2.24. The molecule has 0 unspecified atom stereocenters. The third kappa shape index (κ3) is 3.00. The highest BCUT2D eigenvalue weighted by Gasteiger charge is 2.03. The fraction of sp³-hybridized carbons (Fsp3) is 0.438. The van der Waals surface area contributed by atoms with E-state index in [0.29, 0.717) is 0 Å². The summed E-state index contributed by atoms with van der Waals surface area (Å²) >= 11 is 0. The van der Waals surface area contributed by atoms with E-state index in [1.807, 2.05) is 12.3 Å². The molecule has 0 atom stereocenters. The number of aromatic nitrogens is 1. The van der Waals surface area contributed by atoms with Gasteiger partial charge in [-0.05, 0) is 37.1 Å². The summed E-state index contributed by atoms with van der Waals surface area (Å²) in [6.07, 6.45) is 7.03. The van der Waals surface area contributed by atoms with Crippen molar-refractivity contribution in [1.82, 2.24) is 4.98 Å². The van der Waals surface area contributed by atoms with Crippen molar-refractivity contribution in [2.24, 2.45) is 0 Å². The van der Waals surface area contributed by atoms with Crippen LogP contribution in [-0.4, -0.2) is 11.5 Å². The first-order chi connectivity index (χ1) is 8.83. The van der Waals surface area contributed by atoms with Gasteiger partial charge in [0.25, 0.3) is 0 Å². The standard InChI is InChI=1S/C16H22N2/c1-3-4-5-6-11-17-15-10-9-13(2)16-14(15)8-7-12-18-16/h7-10,12,17H,3-6,11H2,1-2H3. The summed E-state index contributed by atoms with van der Waals surface area (Å²) in [5.74, 6) is 0. The summed E-state index contributed by atoms with van der Waals surface area (Å²) in [7, 11) is 0. The number of hydrogen-bond acceptors (Lipinski definition) is 2. The van der Waals surface area contributed by atoms with Gasteiger partial charge in [-0.15, -0.1) is 0 Å². The molecule has 0 spiro atoms. The van der Waals surface area contributed by atoms with E-state index in [0.717, 1.165) is 12.1 Å². The molecule has 0 fully saturated rings. The smallest absolute Gasteiger partial charge is 0.0751 e. The summed E-state index contributed by atoms with van der Waals surface area (Å²) < 4.78 is 0. The highest BCUT2D eigenvalue weighted by atomic mass is 14.9. The molecule has 0 saturated carbocycles. The molecule has 1 heterocycles. The van der Waals surface area contributed by atoms with Crippen LogP contribution in [0, 0.1) is 6.92 Å². The molecule has 18 heavy (non-hydrogen) atoms. The Morgan fingerprint density at radius 1 is 1.11 bits per heavy atom. The van der Waals surface area contributed by atoms with E-state index < -0.39 is 0 Å². The number of hydrogen-bond donors (Lipinski definition) is 1. The van der Waals surface area contributed by atoms with Crippen molar-refractivity contribution in [1.29, 1.82) is 0 Å². The molecule has 1 aromatic carbocycles. The number of anilines is 1. The minimum absolute atomic E-state index is 1.05. The summed E-state index contributed by atoms with van der Waals surface area (Å²) in [5.41, 5.74) is 3.55. The molecule has 1 aromatic heterocycles. The zero-order valence-corrected chi connectivity index (χ0v) is 11.4. The van der Waals surface area contributed by atoms with Crippen LogP contribution >= 0.6 is 0 Å². The van der Waals surface area contributed by atoms with Crippen molar-refractivity contribution in [3.63, 3.8) is 0 Å². The molecule has 2 nitrogen and oxygen atoms in total. The van der Waals surface area contributed by atoms with Crippen LogP contribution in [0.2, 0.25) is 0 Å². The maximum absolute atomic E-state index is 4.46. The van der Waals surface area contributed by atoms with Gasteiger partial charge >= 0.3 is 0 Å². The van der Waals surface area contributed by atoms with Crippen LogP contribution in [0.15, 0.2) is 30.5 Å². The predicted octanol–water partition coefficient (Wildman–Crippen LogP) is 4.54. The lowest BCUT2D eigenvalue weighted by Gasteiger charge is -2.10. The minimum atomic E-state index is 1.05. The Hall–Kier alpha value is -1.57. The number of aryl methyl sites for hydroxylation is 1. The SMILES string of the molecule is CCCCCCNc1ccc(C)c2ncccc12. The number of rotatable bonds is 6. The van der Waals surface area contributed by atoms with Crippen molar-refractivity contribution >= 4 is 16.6 Å². The fourth-order valence-corrected chi connectivity index (χ4v) is 2.24. The first kappa shape index (κ1) is 12.9. The quantitative estimate of drug-likeness (QED) is 0.752. The minimum Gasteiger partial charge on any atom is -0.384 e. The van der Waals surface area contributed by atoms with Gasteiger partial charge in [-0.1, -0.05) is 32.3 Å². The lowest BCUT2D eigenvalue weighted by Crippen LogP contribution is -2.02. The van der Waals surface area contributed by atoms with E-state index >= 15 is 0 Å². The van der Waals surface area contributed by atoms with Crippen LogP contribution in [0.25, 0.3) is 10.9 Å². The van der Waals surface area contributed by atoms with Crippen molar-refractivity contribution in [3.8, 4) is 0 Å². The first-order valence-corrected chi connectivity index (χ1v) is 6.91. The number of benzene rings is 1. The molecule has 0 saturated heterocycles. The van der Waals surface area contributed by atoms with Crippen molar-refractivity contribution in [2.45, 2.75) is 39.5 Å². The van der Waals surface area contributed by atoms with Crippen LogP contribution < -0.4 is 5.32 Å². The Bertz CT molecular complexity index is 505. The van der Waals surface area contributed by atoms with Gasteiger partial charge < -0.3 is 5.32 Å². The van der Waals surface area contributed by atoms with E-state index in [-0.39, 0.29) is 0 Å². The Morgan fingerprint density at radius 3 is 2.83 bits per heavy atom. The summed E-state index contributed by atoms with van der Waals surface area (Å²) in [6, 6.07) is 8.45. The van der Waals surface area contributed by atoms with E-state index in [9.17, 15) is 0 Å². The normalized spacial score (nSPS) is 10.8. The average molecular weight is 242 g/mol. The third-order valence-corrected chi connectivity index (χ3v) is 3.32.